The predicted octanol–water partition coefficient (Wildman–Crippen LogP) is 3.02. The van der Waals surface area contributed by atoms with Crippen molar-refractivity contribution in [2.24, 2.45) is 0 Å². The Hall–Kier alpha value is -1.49. The van der Waals surface area contributed by atoms with Crippen molar-refractivity contribution < 1.29 is 19.4 Å². The van der Waals surface area contributed by atoms with Gasteiger partial charge in [-0.15, -0.1) is 0 Å². The summed E-state index contributed by atoms with van der Waals surface area (Å²) in [5.41, 5.74) is -0.106. The molecular weight excluding hydrogens is 288 g/mol. The summed E-state index contributed by atoms with van der Waals surface area (Å²) in [5.74, 6) is -1.02. The van der Waals surface area contributed by atoms with E-state index >= 15 is 0 Å². The average molecular weight is 310 g/mol. The molecule has 0 aromatic heterocycles. The minimum absolute atomic E-state index is 0.169. The number of aliphatic carboxylic acids is 1. The Morgan fingerprint density at radius 1 is 1.29 bits per heavy atom. The van der Waals surface area contributed by atoms with Gasteiger partial charge in [-0.2, -0.15) is 11.8 Å². The van der Waals surface area contributed by atoms with E-state index in [1.807, 2.05) is 25.3 Å². The molecule has 0 saturated heterocycles. The normalized spacial score (nSPS) is 13.5. The Labute approximate surface area is 129 Å². The molecule has 0 aliphatic carbocycles. The standard InChI is InChI=1S/C16H22O4S/c1-4-20-15(19)16(14(17)18,10-5-11-21-3)13-8-6-12(2)7-9-13/h6-9H,4-5,10-11H2,1-3H3,(H,17,18). The molecule has 0 fully saturated rings. The number of carboxylic acids is 1. The number of esters is 1. The van der Waals surface area contributed by atoms with Gasteiger partial charge in [0.25, 0.3) is 0 Å². The highest BCUT2D eigenvalue weighted by atomic mass is 32.2. The summed E-state index contributed by atoms with van der Waals surface area (Å²) in [6.07, 6.45) is 2.84. The minimum atomic E-state index is -1.61. The smallest absolute Gasteiger partial charge is 0.328 e. The average Bonchev–Trinajstić information content (AvgIpc) is 2.45. The maximum Gasteiger partial charge on any atom is 0.328 e. The summed E-state index contributed by atoms with van der Waals surface area (Å²) in [5, 5.41) is 9.74. The van der Waals surface area contributed by atoms with Gasteiger partial charge in [-0.3, -0.25) is 9.59 Å². The van der Waals surface area contributed by atoms with Crippen LogP contribution >= 0.6 is 11.8 Å². The highest BCUT2D eigenvalue weighted by molar-refractivity contribution is 7.98. The summed E-state index contributed by atoms with van der Waals surface area (Å²) in [6, 6.07) is 7.06. The first-order valence-corrected chi connectivity index (χ1v) is 8.35. The van der Waals surface area contributed by atoms with Gasteiger partial charge in [0.2, 0.25) is 0 Å². The number of hydrogen-bond acceptors (Lipinski definition) is 4. The first-order chi connectivity index (χ1) is 9.98. The third-order valence-electron chi connectivity index (χ3n) is 3.43. The van der Waals surface area contributed by atoms with Crippen LogP contribution in [0.5, 0.6) is 0 Å². The zero-order valence-corrected chi connectivity index (χ0v) is 13.5. The van der Waals surface area contributed by atoms with E-state index in [-0.39, 0.29) is 13.0 Å². The third-order valence-corrected chi connectivity index (χ3v) is 4.13. The van der Waals surface area contributed by atoms with E-state index in [4.69, 9.17) is 4.74 Å². The molecule has 0 bridgehead atoms. The molecule has 0 aliphatic heterocycles. The molecule has 1 aromatic rings. The third kappa shape index (κ3) is 4.00. The Bertz CT molecular complexity index is 484. The van der Waals surface area contributed by atoms with Crippen molar-refractivity contribution in [3.63, 3.8) is 0 Å². The van der Waals surface area contributed by atoms with E-state index in [0.29, 0.717) is 12.0 Å². The Morgan fingerprint density at radius 2 is 1.90 bits per heavy atom. The van der Waals surface area contributed by atoms with Crippen molar-refractivity contribution >= 4 is 23.7 Å². The molecule has 0 spiro atoms. The SMILES string of the molecule is CCOC(=O)C(CCCSC)(C(=O)O)c1ccc(C)cc1. The molecule has 116 valence electrons. The van der Waals surface area contributed by atoms with Crippen LogP contribution in [0.3, 0.4) is 0 Å². The number of hydrogen-bond donors (Lipinski definition) is 1. The van der Waals surface area contributed by atoms with Gasteiger partial charge in [-0.05, 0) is 44.3 Å². The van der Waals surface area contributed by atoms with Crippen molar-refractivity contribution in [1.82, 2.24) is 0 Å². The zero-order chi connectivity index (χ0) is 15.9. The topological polar surface area (TPSA) is 63.6 Å². The second-order valence-electron chi connectivity index (χ2n) is 4.89. The Morgan fingerprint density at radius 3 is 2.38 bits per heavy atom. The monoisotopic (exact) mass is 310 g/mol. The van der Waals surface area contributed by atoms with Crippen molar-refractivity contribution in [3.05, 3.63) is 35.4 Å². The minimum Gasteiger partial charge on any atom is -0.480 e. The van der Waals surface area contributed by atoms with Crippen LogP contribution in [0.4, 0.5) is 0 Å². The van der Waals surface area contributed by atoms with Crippen LogP contribution in [-0.2, 0) is 19.7 Å². The molecule has 1 rings (SSSR count). The van der Waals surface area contributed by atoms with Gasteiger partial charge in [0, 0.05) is 0 Å². The molecule has 0 saturated carbocycles. The highest BCUT2D eigenvalue weighted by Gasteiger charge is 2.48. The lowest BCUT2D eigenvalue weighted by Gasteiger charge is -2.27. The summed E-state index contributed by atoms with van der Waals surface area (Å²) in [4.78, 5) is 24.3. The van der Waals surface area contributed by atoms with Crippen LogP contribution in [0.1, 0.15) is 30.9 Å². The molecule has 0 heterocycles. The maximum atomic E-state index is 12.4. The largest absolute Gasteiger partial charge is 0.480 e. The van der Waals surface area contributed by atoms with Gasteiger partial charge in [0.15, 0.2) is 5.41 Å². The number of thioether (sulfide) groups is 1. The van der Waals surface area contributed by atoms with E-state index in [1.165, 1.54) is 0 Å². The first kappa shape index (κ1) is 17.6. The number of ether oxygens (including phenoxy) is 1. The van der Waals surface area contributed by atoms with Crippen LogP contribution in [-0.4, -0.2) is 35.7 Å². The predicted molar refractivity (Wildman–Crippen MR) is 84.7 cm³/mol. The van der Waals surface area contributed by atoms with Crippen molar-refractivity contribution in [1.29, 1.82) is 0 Å². The number of aryl methyl sites for hydroxylation is 1. The van der Waals surface area contributed by atoms with Crippen LogP contribution in [0.2, 0.25) is 0 Å². The molecule has 1 atom stereocenters. The maximum absolute atomic E-state index is 12.4. The molecule has 0 amide bonds. The number of carboxylic acid groups (broad SMARTS) is 1. The molecule has 21 heavy (non-hydrogen) atoms. The summed E-state index contributed by atoms with van der Waals surface area (Å²) < 4.78 is 5.06. The zero-order valence-electron chi connectivity index (χ0n) is 12.7. The molecule has 1 aromatic carbocycles. The van der Waals surface area contributed by atoms with E-state index in [0.717, 1.165) is 11.3 Å². The van der Waals surface area contributed by atoms with Gasteiger partial charge in [-0.1, -0.05) is 29.8 Å². The van der Waals surface area contributed by atoms with E-state index in [2.05, 4.69) is 0 Å². The quantitative estimate of drug-likeness (QED) is 0.454. The highest BCUT2D eigenvalue weighted by Crippen LogP contribution is 2.32. The fourth-order valence-corrected chi connectivity index (χ4v) is 2.69. The van der Waals surface area contributed by atoms with Crippen molar-refractivity contribution in [2.45, 2.75) is 32.1 Å². The van der Waals surface area contributed by atoms with Gasteiger partial charge >= 0.3 is 11.9 Å². The molecule has 0 aliphatic rings. The van der Waals surface area contributed by atoms with E-state index < -0.39 is 17.4 Å². The number of carbonyl (C=O) groups excluding carboxylic acids is 1. The van der Waals surface area contributed by atoms with Crippen LogP contribution in [0.15, 0.2) is 24.3 Å². The molecule has 1 unspecified atom stereocenters. The lowest BCUT2D eigenvalue weighted by atomic mass is 9.76. The molecule has 5 heteroatoms. The second-order valence-corrected chi connectivity index (χ2v) is 5.88. The van der Waals surface area contributed by atoms with E-state index in [9.17, 15) is 14.7 Å². The van der Waals surface area contributed by atoms with Crippen molar-refractivity contribution in [2.75, 3.05) is 18.6 Å². The molecule has 1 N–H and O–H groups in total. The van der Waals surface area contributed by atoms with E-state index in [1.54, 1.807) is 30.8 Å². The van der Waals surface area contributed by atoms with Gasteiger partial charge in [0.1, 0.15) is 0 Å². The molecule has 4 nitrogen and oxygen atoms in total. The fourth-order valence-electron chi connectivity index (χ4n) is 2.26. The lowest BCUT2D eigenvalue weighted by molar-refractivity contribution is -0.162. The van der Waals surface area contributed by atoms with Crippen molar-refractivity contribution in [3.8, 4) is 0 Å². The summed E-state index contributed by atoms with van der Waals surface area (Å²) in [7, 11) is 0. The van der Waals surface area contributed by atoms with Gasteiger partial charge < -0.3 is 9.84 Å². The van der Waals surface area contributed by atoms with Gasteiger partial charge in [0.05, 0.1) is 6.61 Å². The molecule has 0 radical (unpaired) electrons. The lowest BCUT2D eigenvalue weighted by Crippen LogP contribution is -2.45. The van der Waals surface area contributed by atoms with Crippen LogP contribution in [0.25, 0.3) is 0 Å². The van der Waals surface area contributed by atoms with Crippen LogP contribution < -0.4 is 0 Å². The number of rotatable bonds is 8. The fraction of sp³-hybridized carbons (Fsp3) is 0.500. The summed E-state index contributed by atoms with van der Waals surface area (Å²) >= 11 is 1.63. The Balaban J connectivity index is 3.25. The second kappa shape index (κ2) is 8.08. The first-order valence-electron chi connectivity index (χ1n) is 6.95. The van der Waals surface area contributed by atoms with Crippen LogP contribution in [0, 0.1) is 6.92 Å². The van der Waals surface area contributed by atoms with Gasteiger partial charge in [-0.25, -0.2) is 0 Å². The Kier molecular flexibility index (Phi) is 6.75. The molecular formula is C16H22O4S. The number of benzene rings is 1. The summed E-state index contributed by atoms with van der Waals surface area (Å²) in [6.45, 7) is 3.77. The number of carbonyl (C=O) groups is 2.